The van der Waals surface area contributed by atoms with Crippen LogP contribution in [0.1, 0.15) is 51.4 Å². The Morgan fingerprint density at radius 1 is 1.24 bits per heavy atom. The summed E-state index contributed by atoms with van der Waals surface area (Å²) in [5.74, 6) is 0. The molecule has 0 bridgehead atoms. The van der Waals surface area contributed by atoms with Gasteiger partial charge in [0.2, 0.25) is 0 Å². The third kappa shape index (κ3) is 5.76. The molecule has 1 aromatic heterocycles. The van der Waals surface area contributed by atoms with E-state index in [0.717, 1.165) is 19.4 Å². The molecule has 2 N–H and O–H groups in total. The van der Waals surface area contributed by atoms with Crippen LogP contribution >= 0.6 is 0 Å². The van der Waals surface area contributed by atoms with Crippen molar-refractivity contribution in [3.63, 3.8) is 0 Å². The summed E-state index contributed by atoms with van der Waals surface area (Å²) in [7, 11) is -3.44. The number of H-pyrrole nitrogens is 1. The van der Waals surface area contributed by atoms with E-state index in [2.05, 4.69) is 14.7 Å². The Hall–Kier alpha value is -0.920. The predicted octanol–water partition coefficient (Wildman–Crippen LogP) is 2.21. The molecule has 1 aromatic rings. The highest BCUT2D eigenvalue weighted by Gasteiger charge is 2.14. The molecular formula is C14H25N3O3S. The smallest absolute Gasteiger partial charge is 0.257 e. The van der Waals surface area contributed by atoms with Crippen LogP contribution in [0.2, 0.25) is 0 Å². The quantitative estimate of drug-likeness (QED) is 0.569. The number of sulfonamides is 1. The first-order valence-electron chi connectivity index (χ1n) is 7.78. The molecule has 2 rings (SSSR count). The van der Waals surface area contributed by atoms with Crippen LogP contribution < -0.4 is 4.72 Å². The number of aromatic nitrogens is 2. The number of imidazole rings is 1. The summed E-state index contributed by atoms with van der Waals surface area (Å²) in [4.78, 5) is 6.30. The largest absolute Gasteiger partial charge is 0.378 e. The number of hydrogen-bond donors (Lipinski definition) is 2. The van der Waals surface area contributed by atoms with Crippen molar-refractivity contribution >= 4 is 10.0 Å². The number of nitrogens with one attached hydrogen (secondary N) is 2. The first-order chi connectivity index (χ1) is 10.2. The highest BCUT2D eigenvalue weighted by molar-refractivity contribution is 7.89. The number of nitrogens with zero attached hydrogens (tertiary/aromatic N) is 1. The molecule has 6 nitrogen and oxygen atoms in total. The van der Waals surface area contributed by atoms with Crippen LogP contribution in [0.5, 0.6) is 0 Å². The SMILES string of the molecule is O=S(=O)(NCCCCOC1CCCCCC1)c1cnc[nH]1. The molecule has 0 saturated heterocycles. The fraction of sp³-hybridized carbons (Fsp3) is 0.786. The maximum Gasteiger partial charge on any atom is 0.257 e. The van der Waals surface area contributed by atoms with Gasteiger partial charge >= 0.3 is 0 Å². The minimum Gasteiger partial charge on any atom is -0.378 e. The molecule has 0 radical (unpaired) electrons. The normalized spacial score (nSPS) is 17.7. The molecule has 0 spiro atoms. The molecule has 0 amide bonds. The van der Waals surface area contributed by atoms with E-state index in [9.17, 15) is 8.42 Å². The summed E-state index contributed by atoms with van der Waals surface area (Å²) in [5.41, 5.74) is 0. The van der Waals surface area contributed by atoms with Crippen LogP contribution in [0.15, 0.2) is 17.6 Å². The van der Waals surface area contributed by atoms with Crippen molar-refractivity contribution in [3.05, 3.63) is 12.5 Å². The van der Waals surface area contributed by atoms with E-state index in [1.54, 1.807) is 0 Å². The van der Waals surface area contributed by atoms with Crippen LogP contribution in [0, 0.1) is 0 Å². The maximum absolute atomic E-state index is 11.8. The number of hydrogen-bond acceptors (Lipinski definition) is 4. The average molecular weight is 315 g/mol. The lowest BCUT2D eigenvalue weighted by molar-refractivity contribution is 0.0411. The van der Waals surface area contributed by atoms with Gasteiger partial charge in [-0.1, -0.05) is 25.7 Å². The first kappa shape index (κ1) is 16.5. The molecule has 21 heavy (non-hydrogen) atoms. The molecule has 1 aliphatic rings. The van der Waals surface area contributed by atoms with E-state index >= 15 is 0 Å². The van der Waals surface area contributed by atoms with Crippen molar-refractivity contribution in [2.24, 2.45) is 0 Å². The molecule has 7 heteroatoms. The Balaban J connectivity index is 1.56. The molecule has 0 aromatic carbocycles. The zero-order valence-corrected chi connectivity index (χ0v) is 13.2. The van der Waals surface area contributed by atoms with Crippen LogP contribution in [-0.2, 0) is 14.8 Å². The van der Waals surface area contributed by atoms with Gasteiger partial charge in [-0.25, -0.2) is 18.1 Å². The predicted molar refractivity (Wildman–Crippen MR) is 80.5 cm³/mol. The van der Waals surface area contributed by atoms with Crippen molar-refractivity contribution in [1.82, 2.24) is 14.7 Å². The van der Waals surface area contributed by atoms with Crippen molar-refractivity contribution < 1.29 is 13.2 Å². The monoisotopic (exact) mass is 315 g/mol. The zero-order valence-electron chi connectivity index (χ0n) is 12.4. The summed E-state index contributed by atoms with van der Waals surface area (Å²) in [6.45, 7) is 1.14. The third-order valence-electron chi connectivity index (χ3n) is 3.78. The van der Waals surface area contributed by atoms with Crippen molar-refractivity contribution in [1.29, 1.82) is 0 Å². The van der Waals surface area contributed by atoms with E-state index < -0.39 is 10.0 Å². The second kappa shape index (κ2) is 8.51. The number of ether oxygens (including phenoxy) is 1. The van der Waals surface area contributed by atoms with Gasteiger partial charge in [0.25, 0.3) is 10.0 Å². The summed E-state index contributed by atoms with van der Waals surface area (Å²) < 4.78 is 32.0. The third-order valence-corrected chi connectivity index (χ3v) is 5.17. The summed E-state index contributed by atoms with van der Waals surface area (Å²) in [6.07, 6.45) is 12.3. The molecule has 0 unspecified atom stereocenters. The Labute approximate surface area is 126 Å². The second-order valence-corrected chi connectivity index (χ2v) is 7.24. The van der Waals surface area contributed by atoms with Gasteiger partial charge < -0.3 is 9.72 Å². The Bertz CT molecular complexity index is 480. The fourth-order valence-electron chi connectivity index (χ4n) is 2.56. The molecule has 1 saturated carbocycles. The maximum atomic E-state index is 11.8. The van der Waals surface area contributed by atoms with Gasteiger partial charge in [-0.3, -0.25) is 0 Å². The van der Waals surface area contributed by atoms with Gasteiger partial charge in [0.15, 0.2) is 5.03 Å². The van der Waals surface area contributed by atoms with Crippen LogP contribution in [0.4, 0.5) is 0 Å². The van der Waals surface area contributed by atoms with Crippen LogP contribution in [0.25, 0.3) is 0 Å². The van der Waals surface area contributed by atoms with Crippen molar-refractivity contribution in [3.8, 4) is 0 Å². The minimum atomic E-state index is -3.44. The lowest BCUT2D eigenvalue weighted by atomic mass is 10.1. The first-order valence-corrected chi connectivity index (χ1v) is 9.26. The van der Waals surface area contributed by atoms with E-state index in [1.165, 1.54) is 51.0 Å². The van der Waals surface area contributed by atoms with E-state index in [-0.39, 0.29) is 5.03 Å². The topological polar surface area (TPSA) is 84.1 Å². The number of rotatable bonds is 8. The Morgan fingerprint density at radius 2 is 2.00 bits per heavy atom. The molecule has 0 aliphatic heterocycles. The van der Waals surface area contributed by atoms with Gasteiger partial charge in [0, 0.05) is 13.2 Å². The van der Waals surface area contributed by atoms with Gasteiger partial charge in [-0.2, -0.15) is 0 Å². The van der Waals surface area contributed by atoms with Gasteiger partial charge in [-0.05, 0) is 25.7 Å². The lowest BCUT2D eigenvalue weighted by Crippen LogP contribution is -2.25. The molecule has 0 atom stereocenters. The molecule has 120 valence electrons. The van der Waals surface area contributed by atoms with E-state index in [4.69, 9.17) is 4.74 Å². The number of aromatic amines is 1. The van der Waals surface area contributed by atoms with Gasteiger partial charge in [0.05, 0.1) is 18.6 Å². The lowest BCUT2D eigenvalue weighted by Gasteiger charge is -2.15. The Kier molecular flexibility index (Phi) is 6.66. The summed E-state index contributed by atoms with van der Waals surface area (Å²) >= 11 is 0. The molecular weight excluding hydrogens is 290 g/mol. The minimum absolute atomic E-state index is 0.109. The zero-order chi connectivity index (χ0) is 15.0. The van der Waals surface area contributed by atoms with E-state index in [0.29, 0.717) is 12.6 Å². The van der Waals surface area contributed by atoms with E-state index in [1.807, 2.05) is 0 Å². The van der Waals surface area contributed by atoms with Gasteiger partial charge in [-0.15, -0.1) is 0 Å². The molecule has 1 fully saturated rings. The van der Waals surface area contributed by atoms with Crippen LogP contribution in [-0.4, -0.2) is 37.6 Å². The standard InChI is InChI=1S/C14H25N3O3S/c18-21(19,14-11-15-12-16-14)17-9-5-6-10-20-13-7-3-1-2-4-8-13/h11-13,17H,1-10H2,(H,15,16). The Morgan fingerprint density at radius 3 is 2.67 bits per heavy atom. The van der Waals surface area contributed by atoms with Gasteiger partial charge in [0.1, 0.15) is 0 Å². The number of unbranched alkanes of at least 4 members (excludes halogenated alkanes) is 1. The van der Waals surface area contributed by atoms with Crippen molar-refractivity contribution in [2.45, 2.75) is 62.5 Å². The highest BCUT2D eigenvalue weighted by Crippen LogP contribution is 2.19. The van der Waals surface area contributed by atoms with Crippen LogP contribution in [0.3, 0.4) is 0 Å². The molecule has 1 heterocycles. The fourth-order valence-corrected chi connectivity index (χ4v) is 3.54. The molecule has 1 aliphatic carbocycles. The second-order valence-electron chi connectivity index (χ2n) is 5.51. The van der Waals surface area contributed by atoms with Crippen molar-refractivity contribution in [2.75, 3.05) is 13.2 Å². The highest BCUT2D eigenvalue weighted by atomic mass is 32.2. The summed E-state index contributed by atoms with van der Waals surface area (Å²) in [6, 6.07) is 0. The summed E-state index contributed by atoms with van der Waals surface area (Å²) in [5, 5.41) is 0.109. The average Bonchev–Trinajstić information content (AvgIpc) is 2.89.